The van der Waals surface area contributed by atoms with Crippen LogP contribution in [0.4, 0.5) is 0 Å². The topological polar surface area (TPSA) is 69.1 Å². The van der Waals surface area contributed by atoms with Crippen molar-refractivity contribution >= 4 is 16.7 Å². The molecule has 0 aromatic heterocycles. The predicted molar refractivity (Wildman–Crippen MR) is 83.2 cm³/mol. The molecule has 2 aromatic rings. The smallest absolute Gasteiger partial charge is 0.223 e. The van der Waals surface area contributed by atoms with Crippen molar-refractivity contribution in [3.05, 3.63) is 47.5 Å². The van der Waals surface area contributed by atoms with Crippen molar-refractivity contribution in [3.8, 4) is 0 Å². The molecule has 4 N–H and O–H groups in total. The van der Waals surface area contributed by atoms with Crippen LogP contribution >= 0.6 is 0 Å². The molecule has 0 radical (unpaired) electrons. The molecule has 1 unspecified atom stereocenters. The van der Waals surface area contributed by atoms with E-state index in [0.717, 1.165) is 16.5 Å². The van der Waals surface area contributed by atoms with Gasteiger partial charge in [-0.25, -0.2) is 0 Å². The summed E-state index contributed by atoms with van der Waals surface area (Å²) in [6, 6.07) is 12.1. The lowest BCUT2D eigenvalue weighted by Crippen LogP contribution is -2.34. The Labute approximate surface area is 120 Å². The van der Waals surface area contributed by atoms with Crippen molar-refractivity contribution in [1.29, 1.82) is 0 Å². The molecule has 0 heterocycles. The zero-order valence-corrected chi connectivity index (χ0v) is 12.3. The number of carbonyl (C=O) groups excluding carboxylic acids is 1. The van der Waals surface area contributed by atoms with E-state index in [1.165, 1.54) is 5.39 Å². The molecule has 0 bridgehead atoms. The van der Waals surface area contributed by atoms with Crippen molar-refractivity contribution in [2.75, 3.05) is 0 Å². The van der Waals surface area contributed by atoms with Crippen LogP contribution in [-0.2, 0) is 4.79 Å². The normalized spacial score (nSPS) is 13.4. The van der Waals surface area contributed by atoms with Gasteiger partial charge in [0, 0.05) is 11.5 Å². The van der Waals surface area contributed by atoms with Gasteiger partial charge in [-0.3, -0.25) is 4.79 Å². The van der Waals surface area contributed by atoms with Crippen LogP contribution in [0.25, 0.3) is 10.8 Å². The Morgan fingerprint density at radius 1 is 1.20 bits per heavy atom. The Balaban J connectivity index is 2.47. The van der Waals surface area contributed by atoms with Gasteiger partial charge in [0.15, 0.2) is 0 Å². The third-order valence-corrected chi connectivity index (χ3v) is 3.96. The molecule has 0 saturated heterocycles. The highest BCUT2D eigenvalue weighted by Gasteiger charge is 2.29. The molecule has 0 aliphatic rings. The molecule has 0 fully saturated rings. The molecule has 106 valence electrons. The third-order valence-electron chi connectivity index (χ3n) is 3.96. The van der Waals surface area contributed by atoms with E-state index >= 15 is 0 Å². The molecule has 0 aliphatic heterocycles. The summed E-state index contributed by atoms with van der Waals surface area (Å²) in [6.45, 7) is 5.74. The predicted octanol–water partition coefficient (Wildman–Crippen LogP) is 3.05. The standard InChI is InChI=1S/C17H22N2O/c1-11-8-9-12-6-4-5-7-13(12)15(11)14(18)10-17(2,3)16(19)20/h4-9,14H,10,18H2,1-3H3,(H2,19,20). The van der Waals surface area contributed by atoms with E-state index in [-0.39, 0.29) is 11.9 Å². The minimum Gasteiger partial charge on any atom is -0.369 e. The Hall–Kier alpha value is -1.87. The molecule has 1 amide bonds. The maximum Gasteiger partial charge on any atom is 0.223 e. The van der Waals surface area contributed by atoms with Crippen LogP contribution in [0.5, 0.6) is 0 Å². The molecule has 2 aromatic carbocycles. The van der Waals surface area contributed by atoms with Crippen LogP contribution in [0, 0.1) is 12.3 Å². The van der Waals surface area contributed by atoms with Gasteiger partial charge in [0.25, 0.3) is 0 Å². The lowest BCUT2D eigenvalue weighted by molar-refractivity contribution is -0.126. The summed E-state index contributed by atoms with van der Waals surface area (Å²) in [5.74, 6) is -0.314. The molecule has 20 heavy (non-hydrogen) atoms. The number of aryl methyl sites for hydroxylation is 1. The monoisotopic (exact) mass is 270 g/mol. The molecule has 2 rings (SSSR count). The van der Waals surface area contributed by atoms with E-state index in [1.54, 1.807) is 0 Å². The van der Waals surface area contributed by atoms with Gasteiger partial charge in [0.05, 0.1) is 0 Å². The molecule has 0 spiro atoms. The number of hydrogen-bond donors (Lipinski definition) is 2. The molecule has 1 atom stereocenters. The van der Waals surface area contributed by atoms with Crippen LogP contribution in [0.3, 0.4) is 0 Å². The summed E-state index contributed by atoms with van der Waals surface area (Å²) in [5, 5.41) is 2.32. The highest BCUT2D eigenvalue weighted by atomic mass is 16.1. The highest BCUT2D eigenvalue weighted by Crippen LogP contribution is 2.33. The Morgan fingerprint density at radius 2 is 1.85 bits per heavy atom. The zero-order valence-electron chi connectivity index (χ0n) is 12.3. The highest BCUT2D eigenvalue weighted by molar-refractivity contribution is 5.87. The van der Waals surface area contributed by atoms with Gasteiger partial charge in [-0.05, 0) is 35.2 Å². The van der Waals surface area contributed by atoms with Crippen LogP contribution in [-0.4, -0.2) is 5.91 Å². The number of hydrogen-bond acceptors (Lipinski definition) is 2. The van der Waals surface area contributed by atoms with E-state index in [4.69, 9.17) is 11.5 Å². The van der Waals surface area contributed by atoms with Crippen molar-refractivity contribution < 1.29 is 4.79 Å². The van der Waals surface area contributed by atoms with Gasteiger partial charge < -0.3 is 11.5 Å². The van der Waals surface area contributed by atoms with Gasteiger partial charge in [-0.2, -0.15) is 0 Å². The summed E-state index contributed by atoms with van der Waals surface area (Å²) in [7, 11) is 0. The SMILES string of the molecule is Cc1ccc2ccccc2c1C(N)CC(C)(C)C(N)=O. The number of primary amides is 1. The fraction of sp³-hybridized carbons (Fsp3) is 0.353. The molecule has 3 nitrogen and oxygen atoms in total. The molecular weight excluding hydrogens is 248 g/mol. The average molecular weight is 270 g/mol. The number of benzene rings is 2. The fourth-order valence-electron chi connectivity index (χ4n) is 2.65. The Bertz CT molecular complexity index is 646. The number of nitrogens with two attached hydrogens (primary N) is 2. The fourth-order valence-corrected chi connectivity index (χ4v) is 2.65. The van der Waals surface area contributed by atoms with Crippen LogP contribution in [0.15, 0.2) is 36.4 Å². The van der Waals surface area contributed by atoms with E-state index in [0.29, 0.717) is 6.42 Å². The van der Waals surface area contributed by atoms with Crippen LogP contribution < -0.4 is 11.5 Å². The van der Waals surface area contributed by atoms with E-state index in [2.05, 4.69) is 31.2 Å². The molecule has 0 aliphatic carbocycles. The number of rotatable bonds is 4. The molecule has 3 heteroatoms. The lowest BCUT2D eigenvalue weighted by Gasteiger charge is -2.26. The van der Waals surface area contributed by atoms with Gasteiger partial charge in [0.2, 0.25) is 5.91 Å². The van der Waals surface area contributed by atoms with Crippen molar-refractivity contribution in [3.63, 3.8) is 0 Å². The minimum absolute atomic E-state index is 0.205. The quantitative estimate of drug-likeness (QED) is 0.896. The summed E-state index contributed by atoms with van der Waals surface area (Å²) in [4.78, 5) is 11.5. The van der Waals surface area contributed by atoms with Crippen molar-refractivity contribution in [2.24, 2.45) is 16.9 Å². The van der Waals surface area contributed by atoms with Crippen molar-refractivity contribution in [2.45, 2.75) is 33.2 Å². The Morgan fingerprint density at radius 3 is 2.50 bits per heavy atom. The Kier molecular flexibility index (Phi) is 3.82. The minimum atomic E-state index is -0.608. The van der Waals surface area contributed by atoms with E-state index in [1.807, 2.05) is 26.0 Å². The second-order valence-electron chi connectivity index (χ2n) is 6.08. The van der Waals surface area contributed by atoms with Gasteiger partial charge in [-0.15, -0.1) is 0 Å². The maximum absolute atomic E-state index is 11.5. The summed E-state index contributed by atoms with van der Waals surface area (Å²) in [5.41, 5.74) is 13.5. The molecule has 0 saturated carbocycles. The largest absolute Gasteiger partial charge is 0.369 e. The van der Waals surface area contributed by atoms with Crippen LogP contribution in [0.2, 0.25) is 0 Å². The third kappa shape index (κ3) is 2.68. The maximum atomic E-state index is 11.5. The summed E-state index contributed by atoms with van der Waals surface area (Å²) < 4.78 is 0. The molecular formula is C17H22N2O. The van der Waals surface area contributed by atoms with Gasteiger partial charge >= 0.3 is 0 Å². The zero-order chi connectivity index (χ0) is 14.9. The van der Waals surface area contributed by atoms with Crippen molar-refractivity contribution in [1.82, 2.24) is 0 Å². The van der Waals surface area contributed by atoms with E-state index in [9.17, 15) is 4.79 Å². The van der Waals surface area contributed by atoms with Crippen LogP contribution in [0.1, 0.15) is 37.4 Å². The summed E-state index contributed by atoms with van der Waals surface area (Å²) >= 11 is 0. The van der Waals surface area contributed by atoms with Gasteiger partial charge in [-0.1, -0.05) is 50.2 Å². The lowest BCUT2D eigenvalue weighted by atomic mass is 9.81. The first-order chi connectivity index (χ1) is 9.33. The second kappa shape index (κ2) is 5.25. The first kappa shape index (κ1) is 14.5. The number of amides is 1. The first-order valence-electron chi connectivity index (χ1n) is 6.86. The number of fused-ring (bicyclic) bond motifs is 1. The first-order valence-corrected chi connectivity index (χ1v) is 6.86. The number of carbonyl (C=O) groups is 1. The van der Waals surface area contributed by atoms with E-state index < -0.39 is 5.41 Å². The average Bonchev–Trinajstić information content (AvgIpc) is 2.37. The second-order valence-corrected chi connectivity index (χ2v) is 6.08. The van der Waals surface area contributed by atoms with Gasteiger partial charge in [0.1, 0.15) is 0 Å². The summed E-state index contributed by atoms with van der Waals surface area (Å²) in [6.07, 6.45) is 0.539.